The number of aromatic nitrogens is 1. The summed E-state index contributed by atoms with van der Waals surface area (Å²) in [6.45, 7) is 7.17. The lowest BCUT2D eigenvalue weighted by atomic mass is 10.1. The molecular formula is C13H20N2O3. The Hall–Kier alpha value is -1.62. The van der Waals surface area contributed by atoms with Crippen LogP contribution in [0.2, 0.25) is 0 Å². The van der Waals surface area contributed by atoms with Crippen LogP contribution in [0, 0.1) is 6.92 Å². The fourth-order valence-corrected chi connectivity index (χ4v) is 1.68. The Labute approximate surface area is 107 Å². The highest BCUT2D eigenvalue weighted by molar-refractivity contribution is 5.94. The number of carbonyl (C=O) groups is 1. The zero-order valence-electron chi connectivity index (χ0n) is 11.1. The van der Waals surface area contributed by atoms with Crippen molar-refractivity contribution in [2.45, 2.75) is 27.2 Å². The van der Waals surface area contributed by atoms with Crippen molar-refractivity contribution in [3.05, 3.63) is 33.2 Å². The molecule has 0 bridgehead atoms. The van der Waals surface area contributed by atoms with Gasteiger partial charge in [0.2, 0.25) is 0 Å². The molecule has 0 fully saturated rings. The first-order valence-corrected chi connectivity index (χ1v) is 6.18. The summed E-state index contributed by atoms with van der Waals surface area (Å²) in [6, 6.07) is 1.66. The third-order valence-electron chi connectivity index (χ3n) is 2.71. The molecule has 100 valence electrons. The van der Waals surface area contributed by atoms with E-state index < -0.39 is 0 Å². The van der Waals surface area contributed by atoms with Crippen LogP contribution in [0.5, 0.6) is 0 Å². The summed E-state index contributed by atoms with van der Waals surface area (Å²) in [6.07, 6.45) is 0.780. The van der Waals surface area contributed by atoms with Crippen molar-refractivity contribution in [1.82, 2.24) is 10.3 Å². The maximum atomic E-state index is 11.8. The molecule has 1 heterocycles. The second-order valence-electron chi connectivity index (χ2n) is 3.97. The van der Waals surface area contributed by atoms with Crippen molar-refractivity contribution in [3.63, 3.8) is 0 Å². The minimum atomic E-state index is -0.356. The first kappa shape index (κ1) is 14.4. The Morgan fingerprint density at radius 1 is 1.44 bits per heavy atom. The topological polar surface area (TPSA) is 71.2 Å². The highest BCUT2D eigenvalue weighted by atomic mass is 16.5. The summed E-state index contributed by atoms with van der Waals surface area (Å²) in [7, 11) is 0. The van der Waals surface area contributed by atoms with E-state index in [1.807, 2.05) is 20.8 Å². The van der Waals surface area contributed by atoms with Gasteiger partial charge in [0.25, 0.3) is 11.5 Å². The summed E-state index contributed by atoms with van der Waals surface area (Å²) >= 11 is 0. The van der Waals surface area contributed by atoms with Gasteiger partial charge in [-0.15, -0.1) is 0 Å². The standard InChI is InChI=1S/C13H20N2O3/c1-4-10-8-11(13(17)15-9(10)3)12(16)14-6-7-18-5-2/h8H,4-7H2,1-3H3,(H,14,16)(H,15,17). The van der Waals surface area contributed by atoms with Crippen LogP contribution in [0.4, 0.5) is 0 Å². The van der Waals surface area contributed by atoms with Gasteiger partial charge in [0.1, 0.15) is 5.56 Å². The van der Waals surface area contributed by atoms with Gasteiger partial charge in [-0.1, -0.05) is 6.92 Å². The van der Waals surface area contributed by atoms with Crippen molar-refractivity contribution in [2.24, 2.45) is 0 Å². The van der Waals surface area contributed by atoms with Gasteiger partial charge < -0.3 is 15.0 Å². The van der Waals surface area contributed by atoms with Crippen molar-refractivity contribution >= 4 is 5.91 Å². The van der Waals surface area contributed by atoms with E-state index in [-0.39, 0.29) is 17.0 Å². The zero-order chi connectivity index (χ0) is 13.5. The zero-order valence-corrected chi connectivity index (χ0v) is 11.1. The van der Waals surface area contributed by atoms with Gasteiger partial charge in [-0.2, -0.15) is 0 Å². The largest absolute Gasteiger partial charge is 0.380 e. The molecule has 1 aromatic heterocycles. The molecular weight excluding hydrogens is 232 g/mol. The number of aromatic amines is 1. The average molecular weight is 252 g/mol. The lowest BCUT2D eigenvalue weighted by Gasteiger charge is -2.07. The van der Waals surface area contributed by atoms with E-state index in [1.54, 1.807) is 6.07 Å². The molecule has 0 spiro atoms. The number of rotatable bonds is 6. The van der Waals surface area contributed by atoms with Gasteiger partial charge in [-0.3, -0.25) is 9.59 Å². The fraction of sp³-hybridized carbons (Fsp3) is 0.538. The Morgan fingerprint density at radius 3 is 2.78 bits per heavy atom. The minimum absolute atomic E-state index is 0.161. The predicted octanol–water partition coefficient (Wildman–Crippen LogP) is 1.01. The molecule has 18 heavy (non-hydrogen) atoms. The van der Waals surface area contributed by atoms with E-state index in [2.05, 4.69) is 10.3 Å². The summed E-state index contributed by atoms with van der Waals surface area (Å²) in [4.78, 5) is 26.2. The summed E-state index contributed by atoms with van der Waals surface area (Å²) in [5.41, 5.74) is 1.60. The third-order valence-corrected chi connectivity index (χ3v) is 2.71. The highest BCUT2D eigenvalue weighted by Crippen LogP contribution is 2.05. The number of hydrogen-bond donors (Lipinski definition) is 2. The second-order valence-corrected chi connectivity index (χ2v) is 3.97. The maximum Gasteiger partial charge on any atom is 0.261 e. The molecule has 0 saturated carbocycles. The van der Waals surface area contributed by atoms with Gasteiger partial charge in [-0.25, -0.2) is 0 Å². The minimum Gasteiger partial charge on any atom is -0.380 e. The quantitative estimate of drug-likeness (QED) is 0.742. The molecule has 0 saturated heterocycles. The molecule has 0 aliphatic carbocycles. The van der Waals surface area contributed by atoms with Crippen molar-refractivity contribution in [3.8, 4) is 0 Å². The van der Waals surface area contributed by atoms with Gasteiger partial charge in [0, 0.05) is 18.8 Å². The Kier molecular flexibility index (Phi) is 5.58. The summed E-state index contributed by atoms with van der Waals surface area (Å²) < 4.78 is 5.11. The first-order chi connectivity index (χ1) is 8.60. The normalized spacial score (nSPS) is 10.4. The van der Waals surface area contributed by atoms with Crippen molar-refractivity contribution in [1.29, 1.82) is 0 Å². The molecule has 5 heteroatoms. The molecule has 1 rings (SSSR count). The molecule has 0 radical (unpaired) electrons. The van der Waals surface area contributed by atoms with Crippen LogP contribution in [0.15, 0.2) is 10.9 Å². The second kappa shape index (κ2) is 6.96. The van der Waals surface area contributed by atoms with E-state index in [0.717, 1.165) is 17.7 Å². The highest BCUT2D eigenvalue weighted by Gasteiger charge is 2.12. The SMILES string of the molecule is CCOCCNC(=O)c1cc(CC)c(C)[nH]c1=O. The van der Waals surface area contributed by atoms with Gasteiger partial charge >= 0.3 is 0 Å². The molecule has 0 aliphatic rings. The average Bonchev–Trinajstić information content (AvgIpc) is 2.34. The number of amides is 1. The monoisotopic (exact) mass is 252 g/mol. The van der Waals surface area contributed by atoms with E-state index in [0.29, 0.717) is 19.8 Å². The van der Waals surface area contributed by atoms with E-state index >= 15 is 0 Å². The van der Waals surface area contributed by atoms with E-state index in [9.17, 15) is 9.59 Å². The predicted molar refractivity (Wildman–Crippen MR) is 70.0 cm³/mol. The number of aryl methyl sites for hydroxylation is 2. The Morgan fingerprint density at radius 2 is 2.17 bits per heavy atom. The van der Waals surface area contributed by atoms with Crippen LogP contribution >= 0.6 is 0 Å². The van der Waals surface area contributed by atoms with Crippen LogP contribution in [-0.2, 0) is 11.2 Å². The molecule has 0 unspecified atom stereocenters. The first-order valence-electron chi connectivity index (χ1n) is 6.18. The van der Waals surface area contributed by atoms with Gasteiger partial charge in [0.05, 0.1) is 6.61 Å². The van der Waals surface area contributed by atoms with Gasteiger partial charge in [0.15, 0.2) is 0 Å². The molecule has 0 aromatic carbocycles. The molecule has 0 atom stereocenters. The fourth-order valence-electron chi connectivity index (χ4n) is 1.68. The van der Waals surface area contributed by atoms with Crippen molar-refractivity contribution < 1.29 is 9.53 Å². The number of nitrogens with one attached hydrogen (secondary N) is 2. The molecule has 2 N–H and O–H groups in total. The molecule has 5 nitrogen and oxygen atoms in total. The third kappa shape index (κ3) is 3.70. The number of H-pyrrole nitrogens is 1. The summed E-state index contributed by atoms with van der Waals surface area (Å²) in [5.74, 6) is -0.356. The van der Waals surface area contributed by atoms with Crippen LogP contribution in [-0.4, -0.2) is 30.6 Å². The maximum absolute atomic E-state index is 11.8. The smallest absolute Gasteiger partial charge is 0.261 e. The summed E-state index contributed by atoms with van der Waals surface area (Å²) in [5, 5.41) is 2.66. The van der Waals surface area contributed by atoms with Crippen LogP contribution in [0.3, 0.4) is 0 Å². The van der Waals surface area contributed by atoms with E-state index in [1.165, 1.54) is 0 Å². The van der Waals surface area contributed by atoms with Crippen LogP contribution < -0.4 is 10.9 Å². The number of pyridine rings is 1. The lowest BCUT2D eigenvalue weighted by molar-refractivity contribution is 0.0921. The lowest BCUT2D eigenvalue weighted by Crippen LogP contribution is -2.32. The number of carbonyl (C=O) groups excluding carboxylic acids is 1. The Bertz CT molecular complexity index is 466. The number of ether oxygens (including phenoxy) is 1. The van der Waals surface area contributed by atoms with E-state index in [4.69, 9.17) is 4.74 Å². The number of hydrogen-bond acceptors (Lipinski definition) is 3. The van der Waals surface area contributed by atoms with Crippen LogP contribution in [0.1, 0.15) is 35.5 Å². The molecule has 0 aliphatic heterocycles. The molecule has 1 amide bonds. The molecule has 1 aromatic rings. The van der Waals surface area contributed by atoms with Gasteiger partial charge in [-0.05, 0) is 31.9 Å². The Balaban J connectivity index is 2.76. The van der Waals surface area contributed by atoms with Crippen LogP contribution in [0.25, 0.3) is 0 Å². The van der Waals surface area contributed by atoms with Crippen molar-refractivity contribution in [2.75, 3.05) is 19.8 Å².